The van der Waals surface area contributed by atoms with Crippen molar-refractivity contribution < 1.29 is 14.3 Å². The number of hydrogen-bond acceptors (Lipinski definition) is 4. The van der Waals surface area contributed by atoms with Gasteiger partial charge in [0.25, 0.3) is 0 Å². The fourth-order valence-electron chi connectivity index (χ4n) is 2.45. The Morgan fingerprint density at radius 3 is 2.73 bits per heavy atom. The SMILES string of the molecule is CC1CC(Oc2cccc(Cl)n2)CCN1C(=O)OC(C)(C)C. The van der Waals surface area contributed by atoms with Crippen LogP contribution in [-0.2, 0) is 4.74 Å². The van der Waals surface area contributed by atoms with Crippen LogP contribution in [0.25, 0.3) is 0 Å². The Morgan fingerprint density at radius 2 is 2.14 bits per heavy atom. The molecule has 0 N–H and O–H groups in total. The molecule has 0 saturated carbocycles. The predicted molar refractivity (Wildman–Crippen MR) is 85.3 cm³/mol. The van der Waals surface area contributed by atoms with E-state index in [1.807, 2.05) is 33.8 Å². The smallest absolute Gasteiger partial charge is 0.410 e. The number of carbonyl (C=O) groups excluding carboxylic acids is 1. The molecule has 0 radical (unpaired) electrons. The number of carbonyl (C=O) groups is 1. The van der Waals surface area contributed by atoms with Gasteiger partial charge in [0.1, 0.15) is 16.9 Å². The number of ether oxygens (including phenoxy) is 2. The number of rotatable bonds is 2. The summed E-state index contributed by atoms with van der Waals surface area (Å²) in [5.41, 5.74) is -0.477. The van der Waals surface area contributed by atoms with E-state index in [4.69, 9.17) is 21.1 Å². The topological polar surface area (TPSA) is 51.7 Å². The molecule has 0 aromatic carbocycles. The van der Waals surface area contributed by atoms with E-state index in [9.17, 15) is 4.79 Å². The van der Waals surface area contributed by atoms with Crippen LogP contribution in [0.4, 0.5) is 4.79 Å². The zero-order chi connectivity index (χ0) is 16.3. The van der Waals surface area contributed by atoms with Crippen LogP contribution in [0.5, 0.6) is 5.88 Å². The zero-order valence-corrected chi connectivity index (χ0v) is 14.3. The Morgan fingerprint density at radius 1 is 1.41 bits per heavy atom. The highest BCUT2D eigenvalue weighted by Crippen LogP contribution is 2.24. The van der Waals surface area contributed by atoms with Gasteiger partial charge in [-0.15, -0.1) is 0 Å². The molecule has 5 nitrogen and oxygen atoms in total. The van der Waals surface area contributed by atoms with Gasteiger partial charge in [0, 0.05) is 31.5 Å². The Hall–Kier alpha value is -1.49. The van der Waals surface area contributed by atoms with Crippen molar-refractivity contribution in [3.63, 3.8) is 0 Å². The maximum atomic E-state index is 12.2. The summed E-state index contributed by atoms with van der Waals surface area (Å²) in [7, 11) is 0. The normalized spacial score (nSPS) is 22.3. The number of halogens is 1. The Labute approximate surface area is 136 Å². The van der Waals surface area contributed by atoms with Gasteiger partial charge in [0.05, 0.1) is 0 Å². The molecule has 1 aromatic rings. The first kappa shape index (κ1) is 16.9. The number of nitrogens with zero attached hydrogens (tertiary/aromatic N) is 2. The van der Waals surface area contributed by atoms with E-state index in [0.29, 0.717) is 17.6 Å². The highest BCUT2D eigenvalue weighted by Gasteiger charge is 2.32. The highest BCUT2D eigenvalue weighted by molar-refractivity contribution is 6.29. The number of hydrogen-bond donors (Lipinski definition) is 0. The molecule has 1 aliphatic heterocycles. The molecular formula is C16H23ClN2O3. The Bertz CT molecular complexity index is 530. The van der Waals surface area contributed by atoms with Gasteiger partial charge in [-0.1, -0.05) is 17.7 Å². The van der Waals surface area contributed by atoms with Gasteiger partial charge in [-0.2, -0.15) is 0 Å². The van der Waals surface area contributed by atoms with Crippen LogP contribution in [-0.4, -0.2) is 40.3 Å². The third-order valence-electron chi connectivity index (χ3n) is 3.43. The third kappa shape index (κ3) is 4.77. The van der Waals surface area contributed by atoms with Crippen molar-refractivity contribution in [1.82, 2.24) is 9.88 Å². The van der Waals surface area contributed by atoms with Crippen LogP contribution in [0.1, 0.15) is 40.5 Å². The molecule has 2 heterocycles. The van der Waals surface area contributed by atoms with Crippen LogP contribution in [0.15, 0.2) is 18.2 Å². The zero-order valence-electron chi connectivity index (χ0n) is 13.5. The molecule has 1 fully saturated rings. The van der Waals surface area contributed by atoms with E-state index in [1.165, 1.54) is 0 Å². The van der Waals surface area contributed by atoms with Gasteiger partial charge >= 0.3 is 6.09 Å². The predicted octanol–water partition coefficient (Wildman–Crippen LogP) is 3.90. The van der Waals surface area contributed by atoms with Crippen molar-refractivity contribution in [2.24, 2.45) is 0 Å². The van der Waals surface area contributed by atoms with Gasteiger partial charge in [-0.3, -0.25) is 0 Å². The van der Waals surface area contributed by atoms with Crippen molar-refractivity contribution in [2.75, 3.05) is 6.54 Å². The molecule has 0 aliphatic carbocycles. The molecule has 2 atom stereocenters. The average Bonchev–Trinajstić information content (AvgIpc) is 2.36. The molecule has 2 rings (SSSR count). The summed E-state index contributed by atoms with van der Waals surface area (Å²) in [4.78, 5) is 18.1. The quantitative estimate of drug-likeness (QED) is 0.773. The van der Waals surface area contributed by atoms with Crippen LogP contribution >= 0.6 is 11.6 Å². The molecule has 1 saturated heterocycles. The van der Waals surface area contributed by atoms with Crippen LogP contribution in [0.2, 0.25) is 5.15 Å². The summed E-state index contributed by atoms with van der Waals surface area (Å²) in [5.74, 6) is 0.524. The lowest BCUT2D eigenvalue weighted by molar-refractivity contribution is -0.00150. The monoisotopic (exact) mass is 326 g/mol. The van der Waals surface area contributed by atoms with Crippen LogP contribution < -0.4 is 4.74 Å². The summed E-state index contributed by atoms with van der Waals surface area (Å²) in [5, 5.41) is 0.414. The summed E-state index contributed by atoms with van der Waals surface area (Å²) < 4.78 is 11.3. The van der Waals surface area contributed by atoms with E-state index >= 15 is 0 Å². The van der Waals surface area contributed by atoms with Gasteiger partial charge in [0.15, 0.2) is 0 Å². The molecule has 1 aliphatic rings. The third-order valence-corrected chi connectivity index (χ3v) is 3.64. The molecular weight excluding hydrogens is 304 g/mol. The average molecular weight is 327 g/mol. The summed E-state index contributed by atoms with van der Waals surface area (Å²) in [6, 6.07) is 5.37. The van der Waals surface area contributed by atoms with Crippen LogP contribution in [0, 0.1) is 0 Å². The first-order chi connectivity index (χ1) is 10.2. The Kier molecular flexibility index (Phi) is 5.16. The molecule has 2 unspecified atom stereocenters. The molecule has 1 amide bonds. The minimum Gasteiger partial charge on any atom is -0.474 e. The van der Waals surface area contributed by atoms with Crippen molar-refractivity contribution >= 4 is 17.7 Å². The number of amides is 1. The lowest BCUT2D eigenvalue weighted by atomic mass is 10.0. The lowest BCUT2D eigenvalue weighted by Gasteiger charge is -2.38. The van der Waals surface area contributed by atoms with E-state index in [0.717, 1.165) is 12.8 Å². The fourth-order valence-corrected chi connectivity index (χ4v) is 2.61. The molecule has 0 bridgehead atoms. The second-order valence-corrected chi connectivity index (χ2v) is 6.97. The number of piperidine rings is 1. The Balaban J connectivity index is 1.91. The first-order valence-electron chi connectivity index (χ1n) is 7.53. The van der Waals surface area contributed by atoms with Crippen LogP contribution in [0.3, 0.4) is 0 Å². The minimum absolute atomic E-state index is 0.0275. The highest BCUT2D eigenvalue weighted by atomic mass is 35.5. The van der Waals surface area contributed by atoms with E-state index in [2.05, 4.69) is 4.98 Å². The maximum absolute atomic E-state index is 12.2. The van der Waals surface area contributed by atoms with Crippen molar-refractivity contribution in [3.05, 3.63) is 23.4 Å². The van der Waals surface area contributed by atoms with E-state index in [-0.39, 0.29) is 18.2 Å². The van der Waals surface area contributed by atoms with Gasteiger partial charge < -0.3 is 14.4 Å². The second kappa shape index (κ2) is 6.73. The maximum Gasteiger partial charge on any atom is 0.410 e. The first-order valence-corrected chi connectivity index (χ1v) is 7.91. The van der Waals surface area contributed by atoms with Gasteiger partial charge in [-0.25, -0.2) is 9.78 Å². The molecule has 122 valence electrons. The van der Waals surface area contributed by atoms with Crippen molar-refractivity contribution in [1.29, 1.82) is 0 Å². The summed E-state index contributed by atoms with van der Waals surface area (Å²) >= 11 is 5.86. The van der Waals surface area contributed by atoms with Crippen molar-refractivity contribution in [3.8, 4) is 5.88 Å². The number of pyridine rings is 1. The standard InChI is InChI=1S/C16H23ClN2O3/c1-11-10-12(21-14-7-5-6-13(17)18-14)8-9-19(11)15(20)22-16(2,3)4/h5-7,11-12H,8-10H2,1-4H3. The lowest BCUT2D eigenvalue weighted by Crippen LogP contribution is -2.49. The summed E-state index contributed by atoms with van der Waals surface area (Å²) in [6.07, 6.45) is 1.25. The van der Waals surface area contributed by atoms with E-state index in [1.54, 1.807) is 17.0 Å². The second-order valence-electron chi connectivity index (χ2n) is 6.59. The molecule has 6 heteroatoms. The number of aromatic nitrogens is 1. The molecule has 1 aromatic heterocycles. The number of likely N-dealkylation sites (tertiary alicyclic amines) is 1. The van der Waals surface area contributed by atoms with Gasteiger partial charge in [0.2, 0.25) is 5.88 Å². The fraction of sp³-hybridized carbons (Fsp3) is 0.625. The summed E-state index contributed by atoms with van der Waals surface area (Å²) in [6.45, 7) is 8.23. The molecule has 22 heavy (non-hydrogen) atoms. The largest absolute Gasteiger partial charge is 0.474 e. The molecule has 0 spiro atoms. The van der Waals surface area contributed by atoms with Crippen molar-refractivity contribution in [2.45, 2.75) is 58.3 Å². The van der Waals surface area contributed by atoms with Gasteiger partial charge in [-0.05, 0) is 33.8 Å². The minimum atomic E-state index is -0.477. The van der Waals surface area contributed by atoms with E-state index < -0.39 is 5.60 Å².